The molecule has 1 atom stereocenters. The van der Waals surface area contributed by atoms with Gasteiger partial charge >= 0.3 is 0 Å². The van der Waals surface area contributed by atoms with Gasteiger partial charge in [0.2, 0.25) is 0 Å². The molecule has 2 aliphatic rings. The third kappa shape index (κ3) is 15.5. The van der Waals surface area contributed by atoms with E-state index in [9.17, 15) is 9.18 Å². The van der Waals surface area contributed by atoms with Crippen molar-refractivity contribution in [2.45, 2.75) is 77.6 Å². The number of allylic oxidation sites excluding steroid dienone is 1. The van der Waals surface area contributed by atoms with Crippen LogP contribution in [0.1, 0.15) is 77.6 Å². The molecule has 0 aromatic heterocycles. The fourth-order valence-electron chi connectivity index (χ4n) is 5.46. The number of ether oxygens (including phenoxy) is 1. The fraction of sp³-hybridized carbons (Fsp3) is 0.786. The first kappa shape index (κ1) is 34.8. The average molecular weight is 487 g/mol. The molecule has 5 nitrogen and oxygen atoms in total. The zero-order valence-electron chi connectivity index (χ0n) is 22.0. The highest BCUT2D eigenvalue weighted by Gasteiger charge is 2.33. The van der Waals surface area contributed by atoms with Crippen LogP contribution >= 0.6 is 0 Å². The Morgan fingerprint density at radius 3 is 1.88 bits per heavy atom. The second-order valence-corrected chi connectivity index (χ2v) is 9.60. The van der Waals surface area contributed by atoms with Crippen LogP contribution in [0.15, 0.2) is 24.3 Å². The second kappa shape index (κ2) is 23.4. The summed E-state index contributed by atoms with van der Waals surface area (Å²) in [4.78, 5) is 17.5. The second-order valence-electron chi connectivity index (χ2n) is 9.60. The number of hydrogen-bond donors (Lipinski definition) is 2. The SMILES string of the molecule is C=C(C)CC(COC)C1CCC(C2CCC(CCCF)CC2)CC1.C=C(C=O)CO.C=O.CO. The summed E-state index contributed by atoms with van der Waals surface area (Å²) in [5.41, 5.74) is 1.51. The normalized spacial score (nSPS) is 24.5. The zero-order chi connectivity index (χ0) is 26.4. The molecule has 1 unspecified atom stereocenters. The fourth-order valence-corrected chi connectivity index (χ4v) is 5.46. The quantitative estimate of drug-likeness (QED) is 0.221. The number of aliphatic hydroxyl groups excluding tert-OH is 2. The summed E-state index contributed by atoms with van der Waals surface area (Å²) in [5, 5.41) is 15.0. The monoisotopic (exact) mass is 486 g/mol. The summed E-state index contributed by atoms with van der Waals surface area (Å²) in [6.07, 6.45) is 14.7. The lowest BCUT2D eigenvalue weighted by Gasteiger charge is -2.39. The van der Waals surface area contributed by atoms with Crippen LogP contribution in [0.2, 0.25) is 0 Å². The van der Waals surface area contributed by atoms with E-state index in [1.54, 1.807) is 0 Å². The van der Waals surface area contributed by atoms with E-state index in [1.165, 1.54) is 56.9 Å². The van der Waals surface area contributed by atoms with Crippen LogP contribution in [0.4, 0.5) is 4.39 Å². The van der Waals surface area contributed by atoms with Gasteiger partial charge in [-0.3, -0.25) is 9.18 Å². The third-order valence-electron chi connectivity index (χ3n) is 7.15. The standard InChI is InChI=1S/C22H39FO.C4H6O2.CH4O.CH2O/c1-17(2)15-22(16-24-3)21-12-10-20(11-13-21)19-8-6-18(7-9-19)5-4-14-23;1-4(2-5)3-6;2*1-2/h18-22H,1,4-16H2,2-3H3;2,6H,1,3H2;2H,1H3;1H2. The Hall–Kier alpha value is -1.37. The Morgan fingerprint density at radius 2 is 1.53 bits per heavy atom. The number of alkyl halides is 1. The smallest absolute Gasteiger partial charge is 0.147 e. The van der Waals surface area contributed by atoms with Gasteiger partial charge in [-0.25, -0.2) is 0 Å². The predicted molar refractivity (Wildman–Crippen MR) is 138 cm³/mol. The summed E-state index contributed by atoms with van der Waals surface area (Å²) in [7, 11) is 2.83. The lowest BCUT2D eigenvalue weighted by molar-refractivity contribution is -0.105. The van der Waals surface area contributed by atoms with Crippen molar-refractivity contribution < 1.29 is 28.9 Å². The molecule has 0 amide bonds. The summed E-state index contributed by atoms with van der Waals surface area (Å²) in [6.45, 7) is 12.0. The van der Waals surface area contributed by atoms with E-state index in [-0.39, 0.29) is 18.9 Å². The number of carbonyl (C=O) groups excluding carboxylic acids is 2. The number of carbonyl (C=O) groups is 2. The lowest BCUT2D eigenvalue weighted by atomic mass is 9.66. The van der Waals surface area contributed by atoms with Gasteiger partial charge in [-0.15, -0.1) is 6.58 Å². The van der Waals surface area contributed by atoms with E-state index in [2.05, 4.69) is 20.1 Å². The maximum Gasteiger partial charge on any atom is 0.147 e. The first-order valence-corrected chi connectivity index (χ1v) is 12.6. The minimum Gasteiger partial charge on any atom is -0.400 e. The molecule has 0 aromatic carbocycles. The van der Waals surface area contributed by atoms with Crippen LogP contribution in [-0.4, -0.2) is 57.4 Å². The van der Waals surface area contributed by atoms with E-state index >= 15 is 0 Å². The highest BCUT2D eigenvalue weighted by molar-refractivity contribution is 5.72. The Bertz CT molecular complexity index is 509. The van der Waals surface area contributed by atoms with Crippen molar-refractivity contribution in [3.8, 4) is 0 Å². The van der Waals surface area contributed by atoms with Gasteiger partial charge in [0.05, 0.1) is 13.3 Å². The van der Waals surface area contributed by atoms with Gasteiger partial charge in [0.1, 0.15) is 13.1 Å². The van der Waals surface area contributed by atoms with Gasteiger partial charge in [0.15, 0.2) is 0 Å². The van der Waals surface area contributed by atoms with E-state index < -0.39 is 0 Å². The van der Waals surface area contributed by atoms with Crippen molar-refractivity contribution in [2.75, 3.05) is 34.1 Å². The number of halogens is 1. The Kier molecular flexibility index (Phi) is 23.9. The third-order valence-corrected chi connectivity index (χ3v) is 7.15. The molecular weight excluding hydrogens is 435 g/mol. The van der Waals surface area contributed by atoms with Crippen molar-refractivity contribution >= 4 is 13.1 Å². The first-order chi connectivity index (χ1) is 16.4. The first-order valence-electron chi connectivity index (χ1n) is 12.6. The van der Waals surface area contributed by atoms with Crippen molar-refractivity contribution in [1.82, 2.24) is 0 Å². The molecular formula is C28H51FO5. The molecule has 2 aliphatic carbocycles. The molecule has 0 heterocycles. The number of aliphatic hydroxyl groups is 2. The number of hydrogen-bond acceptors (Lipinski definition) is 5. The van der Waals surface area contributed by atoms with Crippen molar-refractivity contribution in [2.24, 2.45) is 29.6 Å². The van der Waals surface area contributed by atoms with Crippen LogP contribution in [0.3, 0.4) is 0 Å². The van der Waals surface area contributed by atoms with Gasteiger partial charge in [0.25, 0.3) is 0 Å². The molecule has 2 rings (SSSR count). The topological polar surface area (TPSA) is 83.8 Å². The van der Waals surface area contributed by atoms with Gasteiger partial charge in [-0.2, -0.15) is 0 Å². The van der Waals surface area contributed by atoms with Crippen LogP contribution in [0.5, 0.6) is 0 Å². The van der Waals surface area contributed by atoms with Crippen molar-refractivity contribution in [3.05, 3.63) is 24.3 Å². The molecule has 6 heteroatoms. The highest BCUT2D eigenvalue weighted by atomic mass is 19.1. The Morgan fingerprint density at radius 1 is 1.03 bits per heavy atom. The molecule has 2 N–H and O–H groups in total. The van der Waals surface area contributed by atoms with Gasteiger partial charge in [0, 0.05) is 26.4 Å². The number of methoxy groups -OCH3 is 1. The minimum atomic E-state index is -0.233. The summed E-state index contributed by atoms with van der Waals surface area (Å²) in [6, 6.07) is 0. The van der Waals surface area contributed by atoms with Crippen molar-refractivity contribution in [3.63, 3.8) is 0 Å². The zero-order valence-corrected chi connectivity index (χ0v) is 22.0. The van der Waals surface area contributed by atoms with Gasteiger partial charge in [-0.1, -0.05) is 25.0 Å². The van der Waals surface area contributed by atoms with E-state index in [1.807, 2.05) is 13.9 Å². The Labute approximate surface area is 207 Å². The van der Waals surface area contributed by atoms with E-state index in [0.717, 1.165) is 56.7 Å². The average Bonchev–Trinajstić information content (AvgIpc) is 2.89. The summed E-state index contributed by atoms with van der Waals surface area (Å²) < 4.78 is 17.8. The van der Waals surface area contributed by atoms with Crippen LogP contribution < -0.4 is 0 Å². The van der Waals surface area contributed by atoms with Crippen LogP contribution in [0.25, 0.3) is 0 Å². The molecule has 0 bridgehead atoms. The molecule has 0 aromatic rings. The van der Waals surface area contributed by atoms with Crippen LogP contribution in [0, 0.1) is 29.6 Å². The van der Waals surface area contributed by atoms with Gasteiger partial charge < -0.3 is 19.7 Å². The highest BCUT2D eigenvalue weighted by Crippen LogP contribution is 2.44. The molecule has 200 valence electrons. The largest absolute Gasteiger partial charge is 0.400 e. The molecule has 0 aliphatic heterocycles. The lowest BCUT2D eigenvalue weighted by Crippen LogP contribution is -2.29. The van der Waals surface area contributed by atoms with E-state index in [0.29, 0.717) is 12.2 Å². The predicted octanol–water partition coefficient (Wildman–Crippen LogP) is 5.74. The maximum atomic E-state index is 12.3. The van der Waals surface area contributed by atoms with Gasteiger partial charge in [-0.05, 0) is 94.3 Å². The number of aldehydes is 1. The van der Waals surface area contributed by atoms with E-state index in [4.69, 9.17) is 19.7 Å². The van der Waals surface area contributed by atoms with Crippen LogP contribution in [-0.2, 0) is 14.3 Å². The molecule has 2 fully saturated rings. The Balaban J connectivity index is 0. The molecule has 34 heavy (non-hydrogen) atoms. The summed E-state index contributed by atoms with van der Waals surface area (Å²) in [5.74, 6) is 4.23. The number of rotatable bonds is 11. The molecule has 0 spiro atoms. The molecule has 0 saturated heterocycles. The molecule has 0 radical (unpaired) electrons. The minimum absolute atomic E-state index is 0.128. The summed E-state index contributed by atoms with van der Waals surface area (Å²) >= 11 is 0. The molecule has 2 saturated carbocycles. The van der Waals surface area contributed by atoms with Crippen molar-refractivity contribution in [1.29, 1.82) is 0 Å². The maximum absolute atomic E-state index is 12.3.